The first-order chi connectivity index (χ1) is 5.64. The number of hydrogen-bond acceptors (Lipinski definition) is 2. The Morgan fingerprint density at radius 2 is 2.00 bits per heavy atom. The van der Waals surface area contributed by atoms with Gasteiger partial charge in [0, 0.05) is 26.2 Å². The van der Waals surface area contributed by atoms with E-state index in [1.165, 1.54) is 19.3 Å². The topological polar surface area (TPSA) is 21.3 Å². The molecule has 0 atom stereocenters. The van der Waals surface area contributed by atoms with Crippen molar-refractivity contribution in [2.45, 2.75) is 51.6 Å². The minimum absolute atomic E-state index is 0. The Balaban J connectivity index is 0.00000144. The molecule has 1 aliphatic rings. The predicted molar refractivity (Wildman–Crippen MR) is 53.5 cm³/mol. The van der Waals surface area contributed by atoms with Gasteiger partial charge >= 0.3 is 0 Å². The van der Waals surface area contributed by atoms with Crippen molar-refractivity contribution in [3.8, 4) is 0 Å². The standard InChI is InChI=1S/C10H21NO.H2/c1-4-10(2,3)11-9-5-7-12-8-6-9;/h9,11H,4-8H2,1-3H3;1H. The molecule has 1 fully saturated rings. The molecule has 2 heteroatoms. The molecule has 0 unspecified atom stereocenters. The van der Waals surface area contributed by atoms with Gasteiger partial charge in [-0.05, 0) is 33.1 Å². The van der Waals surface area contributed by atoms with Gasteiger partial charge < -0.3 is 10.1 Å². The number of rotatable bonds is 3. The van der Waals surface area contributed by atoms with Crippen molar-refractivity contribution in [2.24, 2.45) is 0 Å². The highest BCUT2D eigenvalue weighted by atomic mass is 16.5. The van der Waals surface area contributed by atoms with Gasteiger partial charge in [-0.1, -0.05) is 6.92 Å². The van der Waals surface area contributed by atoms with Gasteiger partial charge in [0.15, 0.2) is 0 Å². The van der Waals surface area contributed by atoms with E-state index in [-0.39, 0.29) is 1.43 Å². The van der Waals surface area contributed by atoms with Crippen molar-refractivity contribution < 1.29 is 6.16 Å². The molecule has 0 aromatic carbocycles. The largest absolute Gasteiger partial charge is 0.381 e. The third-order valence-corrected chi connectivity index (χ3v) is 2.70. The Labute approximate surface area is 77.2 Å². The first-order valence-electron chi connectivity index (χ1n) is 4.99. The van der Waals surface area contributed by atoms with E-state index in [4.69, 9.17) is 4.74 Å². The van der Waals surface area contributed by atoms with Crippen LogP contribution in [0.25, 0.3) is 0 Å². The monoisotopic (exact) mass is 173 g/mol. The maximum Gasteiger partial charge on any atom is 0.0480 e. The lowest BCUT2D eigenvalue weighted by Gasteiger charge is -2.33. The molecule has 0 saturated carbocycles. The van der Waals surface area contributed by atoms with Gasteiger partial charge in [-0.3, -0.25) is 0 Å². The van der Waals surface area contributed by atoms with Gasteiger partial charge in [-0.25, -0.2) is 0 Å². The van der Waals surface area contributed by atoms with Crippen molar-refractivity contribution in [3.05, 3.63) is 0 Å². The average Bonchev–Trinajstić information content (AvgIpc) is 2.06. The second-order valence-electron chi connectivity index (χ2n) is 4.27. The maximum absolute atomic E-state index is 5.31. The predicted octanol–water partition coefficient (Wildman–Crippen LogP) is 2.19. The third-order valence-electron chi connectivity index (χ3n) is 2.70. The Bertz CT molecular complexity index is 133. The molecule has 0 amide bonds. The summed E-state index contributed by atoms with van der Waals surface area (Å²) >= 11 is 0. The summed E-state index contributed by atoms with van der Waals surface area (Å²) in [6.07, 6.45) is 3.53. The molecule has 1 rings (SSSR count). The summed E-state index contributed by atoms with van der Waals surface area (Å²) < 4.78 is 5.31. The van der Waals surface area contributed by atoms with Crippen LogP contribution in [0, 0.1) is 0 Å². The molecule has 1 heterocycles. The van der Waals surface area contributed by atoms with E-state index in [0.717, 1.165) is 13.2 Å². The maximum atomic E-state index is 5.31. The molecule has 2 nitrogen and oxygen atoms in total. The minimum Gasteiger partial charge on any atom is -0.381 e. The Kier molecular flexibility index (Phi) is 3.53. The highest BCUT2D eigenvalue weighted by Crippen LogP contribution is 2.14. The normalized spacial score (nSPS) is 21.2. The van der Waals surface area contributed by atoms with Crippen LogP contribution in [0.3, 0.4) is 0 Å². The van der Waals surface area contributed by atoms with Crippen LogP contribution in [0.1, 0.15) is 41.5 Å². The van der Waals surface area contributed by atoms with E-state index in [2.05, 4.69) is 26.1 Å². The second kappa shape index (κ2) is 4.24. The Hall–Kier alpha value is -0.0800. The Morgan fingerprint density at radius 3 is 2.50 bits per heavy atom. The lowest BCUT2D eigenvalue weighted by molar-refractivity contribution is 0.0698. The van der Waals surface area contributed by atoms with Crippen LogP contribution in [0.5, 0.6) is 0 Å². The molecule has 1 aliphatic heterocycles. The van der Waals surface area contributed by atoms with Crippen LogP contribution in [0.15, 0.2) is 0 Å². The lowest BCUT2D eigenvalue weighted by Crippen LogP contribution is -2.47. The molecular weight excluding hydrogens is 150 g/mol. The van der Waals surface area contributed by atoms with Gasteiger partial charge in [0.25, 0.3) is 0 Å². The summed E-state index contributed by atoms with van der Waals surface area (Å²) in [6.45, 7) is 8.62. The number of ether oxygens (including phenoxy) is 1. The van der Waals surface area contributed by atoms with Crippen LogP contribution in [-0.2, 0) is 4.74 Å². The van der Waals surface area contributed by atoms with Crippen LogP contribution in [0.4, 0.5) is 0 Å². The first kappa shape index (κ1) is 10.0. The van der Waals surface area contributed by atoms with Crippen molar-refractivity contribution >= 4 is 0 Å². The van der Waals surface area contributed by atoms with Crippen molar-refractivity contribution in [1.29, 1.82) is 0 Å². The van der Waals surface area contributed by atoms with E-state index in [1.54, 1.807) is 0 Å². The zero-order valence-electron chi connectivity index (χ0n) is 8.52. The Morgan fingerprint density at radius 1 is 1.42 bits per heavy atom. The summed E-state index contributed by atoms with van der Waals surface area (Å²) in [4.78, 5) is 0. The third kappa shape index (κ3) is 3.11. The summed E-state index contributed by atoms with van der Waals surface area (Å²) in [7, 11) is 0. The van der Waals surface area contributed by atoms with Gasteiger partial charge in [0.05, 0.1) is 0 Å². The summed E-state index contributed by atoms with van der Waals surface area (Å²) in [6, 6.07) is 0.675. The van der Waals surface area contributed by atoms with Gasteiger partial charge in [0.1, 0.15) is 0 Å². The summed E-state index contributed by atoms with van der Waals surface area (Å²) in [5, 5.41) is 3.66. The molecular formula is C10H23NO. The quantitative estimate of drug-likeness (QED) is 0.706. The molecule has 0 aromatic heterocycles. The minimum atomic E-state index is 0. The lowest BCUT2D eigenvalue weighted by atomic mass is 9.98. The zero-order valence-corrected chi connectivity index (χ0v) is 8.52. The van der Waals surface area contributed by atoms with Gasteiger partial charge in [0.2, 0.25) is 0 Å². The van der Waals surface area contributed by atoms with Crippen molar-refractivity contribution in [2.75, 3.05) is 13.2 Å². The van der Waals surface area contributed by atoms with Crippen LogP contribution >= 0.6 is 0 Å². The molecule has 1 N–H and O–H groups in total. The van der Waals surface area contributed by atoms with Crippen LogP contribution in [0.2, 0.25) is 0 Å². The van der Waals surface area contributed by atoms with E-state index >= 15 is 0 Å². The molecule has 0 radical (unpaired) electrons. The van der Waals surface area contributed by atoms with Gasteiger partial charge in [-0.2, -0.15) is 0 Å². The fourth-order valence-corrected chi connectivity index (χ4v) is 1.50. The molecule has 0 aromatic rings. The second-order valence-corrected chi connectivity index (χ2v) is 4.27. The van der Waals surface area contributed by atoms with E-state index < -0.39 is 0 Å². The SMILES string of the molecule is CCC(C)(C)NC1CCOCC1.[HH]. The van der Waals surface area contributed by atoms with E-state index in [9.17, 15) is 0 Å². The average molecular weight is 173 g/mol. The van der Waals surface area contributed by atoms with E-state index in [0.29, 0.717) is 11.6 Å². The zero-order chi connectivity index (χ0) is 9.03. The van der Waals surface area contributed by atoms with Gasteiger partial charge in [-0.15, -0.1) is 0 Å². The fourth-order valence-electron chi connectivity index (χ4n) is 1.50. The molecule has 12 heavy (non-hydrogen) atoms. The smallest absolute Gasteiger partial charge is 0.0480 e. The molecule has 0 aliphatic carbocycles. The molecule has 0 bridgehead atoms. The van der Waals surface area contributed by atoms with Crippen molar-refractivity contribution in [3.63, 3.8) is 0 Å². The number of hydrogen-bond donors (Lipinski definition) is 1. The fraction of sp³-hybridized carbons (Fsp3) is 1.00. The number of nitrogens with one attached hydrogen (secondary N) is 1. The van der Waals surface area contributed by atoms with Crippen LogP contribution in [-0.4, -0.2) is 24.8 Å². The molecule has 1 saturated heterocycles. The summed E-state index contributed by atoms with van der Waals surface area (Å²) in [5.41, 5.74) is 0.294. The van der Waals surface area contributed by atoms with Crippen LogP contribution < -0.4 is 5.32 Å². The van der Waals surface area contributed by atoms with Crippen molar-refractivity contribution in [1.82, 2.24) is 5.32 Å². The van der Waals surface area contributed by atoms with E-state index in [1.807, 2.05) is 0 Å². The highest BCUT2D eigenvalue weighted by Gasteiger charge is 2.21. The highest BCUT2D eigenvalue weighted by molar-refractivity contribution is 4.82. The molecule has 0 spiro atoms. The molecule has 74 valence electrons. The first-order valence-corrected chi connectivity index (χ1v) is 4.99. The summed E-state index contributed by atoms with van der Waals surface area (Å²) in [5.74, 6) is 0.